The van der Waals surface area contributed by atoms with E-state index in [2.05, 4.69) is 26.6 Å². The van der Waals surface area contributed by atoms with Gasteiger partial charge in [-0.3, -0.25) is 4.40 Å². The first-order valence-corrected chi connectivity index (χ1v) is 6.49. The van der Waals surface area contributed by atoms with Crippen LogP contribution in [0.5, 0.6) is 0 Å². The Morgan fingerprint density at radius 3 is 3.22 bits per heavy atom. The van der Waals surface area contributed by atoms with Gasteiger partial charge in [-0.05, 0) is 32.1 Å². The van der Waals surface area contributed by atoms with Crippen molar-refractivity contribution in [1.29, 1.82) is 0 Å². The Morgan fingerprint density at radius 1 is 1.33 bits per heavy atom. The molecule has 0 spiro atoms. The van der Waals surface area contributed by atoms with Gasteiger partial charge in [0.05, 0.1) is 0 Å². The fourth-order valence-electron chi connectivity index (χ4n) is 2.36. The topological polar surface area (TPSA) is 55.1 Å². The van der Waals surface area contributed by atoms with Crippen molar-refractivity contribution >= 4 is 11.5 Å². The van der Waals surface area contributed by atoms with Crippen LogP contribution in [0.1, 0.15) is 32.1 Å². The van der Waals surface area contributed by atoms with E-state index < -0.39 is 0 Å². The van der Waals surface area contributed by atoms with E-state index in [1.54, 1.807) is 18.1 Å². The lowest BCUT2D eigenvalue weighted by Gasteiger charge is -2.13. The molecule has 94 valence electrons. The summed E-state index contributed by atoms with van der Waals surface area (Å²) in [7, 11) is 0. The predicted molar refractivity (Wildman–Crippen MR) is 70.4 cm³/mol. The van der Waals surface area contributed by atoms with Gasteiger partial charge in [-0.1, -0.05) is 11.6 Å². The van der Waals surface area contributed by atoms with Crippen LogP contribution in [-0.2, 0) is 0 Å². The quantitative estimate of drug-likeness (QED) is 0.838. The van der Waals surface area contributed by atoms with Gasteiger partial charge in [-0.2, -0.15) is 0 Å². The Labute approximate surface area is 106 Å². The van der Waals surface area contributed by atoms with Crippen molar-refractivity contribution in [3.63, 3.8) is 0 Å². The number of nitrogens with zero attached hydrogens (tertiary/aromatic N) is 4. The minimum atomic E-state index is 0.787. The van der Waals surface area contributed by atoms with Crippen LogP contribution >= 0.6 is 0 Å². The summed E-state index contributed by atoms with van der Waals surface area (Å²) in [4.78, 5) is 4.31. The first-order valence-electron chi connectivity index (χ1n) is 6.49. The molecule has 0 saturated carbocycles. The number of allylic oxidation sites excluding steroid dienone is 1. The third kappa shape index (κ3) is 2.34. The van der Waals surface area contributed by atoms with E-state index in [-0.39, 0.29) is 0 Å². The minimum absolute atomic E-state index is 0.787. The lowest BCUT2D eigenvalue weighted by molar-refractivity contribution is 0.679. The molecule has 18 heavy (non-hydrogen) atoms. The molecule has 2 aromatic heterocycles. The molecule has 3 rings (SSSR count). The van der Waals surface area contributed by atoms with E-state index >= 15 is 0 Å². The lowest BCUT2D eigenvalue weighted by atomic mass is 9.97. The van der Waals surface area contributed by atoms with Crippen molar-refractivity contribution in [2.45, 2.75) is 32.1 Å². The second-order valence-electron chi connectivity index (χ2n) is 4.62. The van der Waals surface area contributed by atoms with Gasteiger partial charge < -0.3 is 5.32 Å². The molecule has 2 heterocycles. The normalized spacial score (nSPS) is 15.7. The Morgan fingerprint density at radius 2 is 2.33 bits per heavy atom. The van der Waals surface area contributed by atoms with Crippen LogP contribution in [0.4, 0.5) is 5.82 Å². The standard InChI is InChI=1S/C13H17N5/c1-2-4-11(5-3-1)6-7-14-12-13-17-16-10-18(13)9-8-15-12/h4,8-10H,1-3,5-7H2,(H,14,15). The van der Waals surface area contributed by atoms with Gasteiger partial charge in [0, 0.05) is 18.9 Å². The molecule has 2 aromatic rings. The first kappa shape index (κ1) is 11.2. The summed E-state index contributed by atoms with van der Waals surface area (Å²) in [6.07, 6.45) is 14.0. The monoisotopic (exact) mass is 243 g/mol. The Hall–Kier alpha value is -1.91. The van der Waals surface area contributed by atoms with E-state index in [9.17, 15) is 0 Å². The zero-order valence-electron chi connectivity index (χ0n) is 10.3. The largest absolute Gasteiger partial charge is 0.367 e. The molecule has 0 amide bonds. The predicted octanol–water partition coefficient (Wildman–Crippen LogP) is 2.43. The van der Waals surface area contributed by atoms with Gasteiger partial charge in [-0.25, -0.2) is 4.98 Å². The highest BCUT2D eigenvalue weighted by molar-refractivity contribution is 5.61. The van der Waals surface area contributed by atoms with Crippen LogP contribution in [0.2, 0.25) is 0 Å². The van der Waals surface area contributed by atoms with Crippen molar-refractivity contribution in [3.05, 3.63) is 30.4 Å². The maximum atomic E-state index is 4.31. The van der Waals surface area contributed by atoms with E-state index in [1.807, 2.05) is 10.6 Å². The molecule has 1 N–H and O–H groups in total. The summed E-state index contributed by atoms with van der Waals surface area (Å²) < 4.78 is 1.87. The molecule has 0 radical (unpaired) electrons. The summed E-state index contributed by atoms with van der Waals surface area (Å²) in [6, 6.07) is 0. The average molecular weight is 243 g/mol. The van der Waals surface area contributed by atoms with Crippen molar-refractivity contribution in [2.24, 2.45) is 0 Å². The minimum Gasteiger partial charge on any atom is -0.367 e. The van der Waals surface area contributed by atoms with Crippen molar-refractivity contribution < 1.29 is 0 Å². The number of nitrogens with one attached hydrogen (secondary N) is 1. The fourth-order valence-corrected chi connectivity index (χ4v) is 2.36. The van der Waals surface area contributed by atoms with Gasteiger partial charge in [0.25, 0.3) is 0 Å². The highest BCUT2D eigenvalue weighted by Crippen LogP contribution is 2.20. The van der Waals surface area contributed by atoms with Gasteiger partial charge in [0.15, 0.2) is 5.82 Å². The molecule has 0 atom stereocenters. The fraction of sp³-hybridized carbons (Fsp3) is 0.462. The molecule has 0 aliphatic heterocycles. The van der Waals surface area contributed by atoms with Gasteiger partial charge in [0.2, 0.25) is 5.65 Å². The molecule has 0 saturated heterocycles. The van der Waals surface area contributed by atoms with E-state index in [0.717, 1.165) is 24.4 Å². The van der Waals surface area contributed by atoms with E-state index in [4.69, 9.17) is 0 Å². The molecular weight excluding hydrogens is 226 g/mol. The number of fused-ring (bicyclic) bond motifs is 1. The van der Waals surface area contributed by atoms with E-state index in [0.29, 0.717) is 0 Å². The van der Waals surface area contributed by atoms with Crippen LogP contribution in [0.15, 0.2) is 30.4 Å². The van der Waals surface area contributed by atoms with Gasteiger partial charge in [0.1, 0.15) is 6.33 Å². The number of rotatable bonds is 4. The molecule has 1 aliphatic rings. The average Bonchev–Trinajstić information content (AvgIpc) is 2.89. The third-order valence-electron chi connectivity index (χ3n) is 3.34. The van der Waals surface area contributed by atoms with Gasteiger partial charge in [-0.15, -0.1) is 10.2 Å². The number of aromatic nitrogens is 4. The second kappa shape index (κ2) is 5.16. The van der Waals surface area contributed by atoms with Crippen LogP contribution in [0.25, 0.3) is 5.65 Å². The second-order valence-corrected chi connectivity index (χ2v) is 4.62. The summed E-state index contributed by atoms with van der Waals surface area (Å²) in [6.45, 7) is 0.908. The summed E-state index contributed by atoms with van der Waals surface area (Å²) >= 11 is 0. The van der Waals surface area contributed by atoms with Crippen LogP contribution in [0.3, 0.4) is 0 Å². The zero-order valence-corrected chi connectivity index (χ0v) is 10.3. The molecule has 0 unspecified atom stereocenters. The highest BCUT2D eigenvalue weighted by atomic mass is 15.2. The highest BCUT2D eigenvalue weighted by Gasteiger charge is 2.06. The van der Waals surface area contributed by atoms with Crippen molar-refractivity contribution in [3.8, 4) is 0 Å². The third-order valence-corrected chi connectivity index (χ3v) is 3.34. The maximum Gasteiger partial charge on any atom is 0.203 e. The molecule has 0 bridgehead atoms. The molecule has 5 nitrogen and oxygen atoms in total. The molecule has 1 aliphatic carbocycles. The smallest absolute Gasteiger partial charge is 0.203 e. The summed E-state index contributed by atoms with van der Waals surface area (Å²) in [5.41, 5.74) is 2.36. The first-order chi connectivity index (χ1) is 8.93. The van der Waals surface area contributed by atoms with Crippen molar-refractivity contribution in [2.75, 3.05) is 11.9 Å². The van der Waals surface area contributed by atoms with Crippen LogP contribution < -0.4 is 5.32 Å². The molecule has 5 heteroatoms. The molecule has 0 fully saturated rings. The SMILES string of the molecule is C1=C(CCNc2nccn3cnnc23)CCCC1. The molecular formula is C13H17N5. The number of anilines is 1. The Kier molecular flexibility index (Phi) is 3.21. The maximum absolute atomic E-state index is 4.31. The zero-order chi connectivity index (χ0) is 12.2. The number of hydrogen-bond donors (Lipinski definition) is 1. The number of hydrogen-bond acceptors (Lipinski definition) is 4. The Bertz CT molecular complexity index is 557. The lowest BCUT2D eigenvalue weighted by Crippen LogP contribution is -2.07. The Balaban J connectivity index is 1.62. The van der Waals surface area contributed by atoms with Gasteiger partial charge >= 0.3 is 0 Å². The molecule has 0 aromatic carbocycles. The van der Waals surface area contributed by atoms with Crippen LogP contribution in [0, 0.1) is 0 Å². The van der Waals surface area contributed by atoms with Crippen LogP contribution in [-0.4, -0.2) is 26.1 Å². The summed E-state index contributed by atoms with van der Waals surface area (Å²) in [5.74, 6) is 0.811. The van der Waals surface area contributed by atoms with E-state index in [1.165, 1.54) is 25.7 Å². The summed E-state index contributed by atoms with van der Waals surface area (Å²) in [5, 5.41) is 11.3. The van der Waals surface area contributed by atoms with Crippen molar-refractivity contribution in [1.82, 2.24) is 19.6 Å².